The lowest BCUT2D eigenvalue weighted by Crippen LogP contribution is -2.27. The van der Waals surface area contributed by atoms with E-state index in [1.165, 1.54) is 0 Å². The molecule has 6 nitrogen and oxygen atoms in total. The minimum absolute atomic E-state index is 0.223. The van der Waals surface area contributed by atoms with Crippen LogP contribution in [0, 0.1) is 19.8 Å². The number of carbonyl (C=O) groups is 1. The van der Waals surface area contributed by atoms with Crippen LogP contribution in [0.5, 0.6) is 5.75 Å². The van der Waals surface area contributed by atoms with Crippen LogP contribution in [0.25, 0.3) is 33.3 Å². The second kappa shape index (κ2) is 8.04. The van der Waals surface area contributed by atoms with E-state index >= 15 is 0 Å². The summed E-state index contributed by atoms with van der Waals surface area (Å²) in [6, 6.07) is 8.06. The first-order valence-corrected chi connectivity index (χ1v) is 12.2. The molecule has 0 unspecified atom stereocenters. The van der Waals surface area contributed by atoms with Gasteiger partial charge in [0.25, 0.3) is 0 Å². The number of ether oxygens (including phenoxy) is 1. The summed E-state index contributed by atoms with van der Waals surface area (Å²) >= 11 is 0. The van der Waals surface area contributed by atoms with Crippen LogP contribution in [-0.4, -0.2) is 26.3 Å². The van der Waals surface area contributed by atoms with Gasteiger partial charge in [-0.15, -0.1) is 0 Å². The van der Waals surface area contributed by atoms with Gasteiger partial charge in [0.1, 0.15) is 17.2 Å². The van der Waals surface area contributed by atoms with E-state index in [1.54, 1.807) is 6.92 Å². The Morgan fingerprint density at radius 3 is 2.71 bits per heavy atom. The SMILES string of the molecule is Cc1noc(C)c1-c1cnc2c(-c3ccc4c(c3)OC(=O)C4)cn(CC3CCC(C)(F)CC3)c2c1. The number of alkyl halides is 1. The van der Waals surface area contributed by atoms with E-state index < -0.39 is 5.67 Å². The van der Waals surface area contributed by atoms with Crippen LogP contribution >= 0.6 is 0 Å². The van der Waals surface area contributed by atoms with Crippen LogP contribution in [0.3, 0.4) is 0 Å². The summed E-state index contributed by atoms with van der Waals surface area (Å²) in [6.07, 6.45) is 7.25. The average molecular weight is 474 g/mol. The normalized spacial score (nSPS) is 21.9. The number of rotatable bonds is 4. The Morgan fingerprint density at radius 2 is 1.97 bits per heavy atom. The third-order valence-corrected chi connectivity index (χ3v) is 7.58. The Balaban J connectivity index is 1.45. The van der Waals surface area contributed by atoms with Crippen LogP contribution in [0.2, 0.25) is 0 Å². The zero-order valence-electron chi connectivity index (χ0n) is 20.2. The number of esters is 1. The van der Waals surface area contributed by atoms with E-state index in [0.717, 1.165) is 69.7 Å². The molecule has 0 radical (unpaired) electrons. The topological polar surface area (TPSA) is 70.2 Å². The van der Waals surface area contributed by atoms with E-state index in [2.05, 4.69) is 22.0 Å². The first kappa shape index (κ1) is 22.0. The first-order valence-electron chi connectivity index (χ1n) is 12.2. The zero-order chi connectivity index (χ0) is 24.3. The summed E-state index contributed by atoms with van der Waals surface area (Å²) in [4.78, 5) is 16.6. The highest BCUT2D eigenvalue weighted by Gasteiger charge is 2.31. The van der Waals surface area contributed by atoms with Crippen molar-refractivity contribution in [2.45, 2.75) is 65.1 Å². The molecule has 1 fully saturated rings. The monoisotopic (exact) mass is 473 g/mol. The molecule has 1 aliphatic heterocycles. The fourth-order valence-electron chi connectivity index (χ4n) is 5.58. The van der Waals surface area contributed by atoms with Crippen molar-refractivity contribution >= 4 is 17.0 Å². The van der Waals surface area contributed by atoms with Gasteiger partial charge in [-0.25, -0.2) is 4.39 Å². The lowest BCUT2D eigenvalue weighted by molar-refractivity contribution is -0.131. The Labute approximate surface area is 203 Å². The molecule has 0 saturated heterocycles. The van der Waals surface area contributed by atoms with Gasteiger partial charge in [0, 0.05) is 41.2 Å². The fraction of sp³-hybridized carbons (Fsp3) is 0.393. The van der Waals surface area contributed by atoms with E-state index in [1.807, 2.05) is 38.2 Å². The van der Waals surface area contributed by atoms with E-state index in [-0.39, 0.29) is 5.97 Å². The number of nitrogens with zero attached hydrogens (tertiary/aromatic N) is 3. The predicted octanol–water partition coefficient (Wildman–Crippen LogP) is 6.36. The van der Waals surface area contributed by atoms with E-state index in [4.69, 9.17) is 14.2 Å². The summed E-state index contributed by atoms with van der Waals surface area (Å²) in [5, 5.41) is 4.11. The number of pyridine rings is 1. The third-order valence-electron chi connectivity index (χ3n) is 7.58. The average Bonchev–Trinajstić information content (AvgIpc) is 3.48. The molecule has 35 heavy (non-hydrogen) atoms. The van der Waals surface area contributed by atoms with Crippen LogP contribution in [0.4, 0.5) is 4.39 Å². The molecule has 0 atom stereocenters. The number of hydrogen-bond donors (Lipinski definition) is 0. The van der Waals surface area contributed by atoms with Gasteiger partial charge < -0.3 is 13.8 Å². The third kappa shape index (κ3) is 3.93. The van der Waals surface area contributed by atoms with Crippen molar-refractivity contribution in [3.8, 4) is 28.0 Å². The molecule has 0 amide bonds. The molecular weight excluding hydrogens is 445 g/mol. The Bertz CT molecular complexity index is 1440. The van der Waals surface area contributed by atoms with Crippen LogP contribution in [0.15, 0.2) is 41.2 Å². The summed E-state index contributed by atoms with van der Waals surface area (Å²) in [5.41, 5.74) is 6.46. The highest BCUT2D eigenvalue weighted by Crippen LogP contribution is 2.39. The van der Waals surface area contributed by atoms with E-state index in [9.17, 15) is 9.18 Å². The van der Waals surface area contributed by atoms with Crippen molar-refractivity contribution < 1.29 is 18.4 Å². The van der Waals surface area contributed by atoms with Crippen LogP contribution in [0.1, 0.15) is 49.6 Å². The molecule has 0 spiro atoms. The summed E-state index contributed by atoms with van der Waals surface area (Å²) in [5.74, 6) is 1.57. The molecule has 180 valence electrons. The van der Waals surface area contributed by atoms with Crippen molar-refractivity contribution in [3.05, 3.63) is 53.7 Å². The van der Waals surface area contributed by atoms with Gasteiger partial charge in [0.05, 0.1) is 23.1 Å². The summed E-state index contributed by atoms with van der Waals surface area (Å²) in [7, 11) is 0. The van der Waals surface area contributed by atoms with Crippen LogP contribution in [-0.2, 0) is 17.8 Å². The number of halogens is 1. The Hall–Kier alpha value is -3.48. The van der Waals surface area contributed by atoms with Crippen molar-refractivity contribution in [1.82, 2.24) is 14.7 Å². The number of hydrogen-bond acceptors (Lipinski definition) is 5. The first-order chi connectivity index (χ1) is 16.8. The number of benzene rings is 1. The van der Waals surface area contributed by atoms with Gasteiger partial charge in [0.15, 0.2) is 0 Å². The lowest BCUT2D eigenvalue weighted by Gasteiger charge is -2.31. The lowest BCUT2D eigenvalue weighted by atomic mass is 9.81. The Kier molecular flexibility index (Phi) is 5.06. The molecular formula is C28H28FN3O3. The van der Waals surface area contributed by atoms with Crippen molar-refractivity contribution in [1.29, 1.82) is 0 Å². The molecule has 4 heterocycles. The quantitative estimate of drug-likeness (QED) is 0.255. The number of aryl methyl sites for hydroxylation is 2. The smallest absolute Gasteiger partial charge is 0.315 e. The maximum atomic E-state index is 14.4. The molecule has 1 aliphatic carbocycles. The van der Waals surface area contributed by atoms with Gasteiger partial charge >= 0.3 is 5.97 Å². The Morgan fingerprint density at radius 1 is 1.17 bits per heavy atom. The summed E-state index contributed by atoms with van der Waals surface area (Å²) < 4.78 is 27.5. The zero-order valence-corrected chi connectivity index (χ0v) is 20.2. The molecule has 0 N–H and O–H groups in total. The largest absolute Gasteiger partial charge is 0.426 e. The van der Waals surface area contributed by atoms with Gasteiger partial charge in [-0.05, 0) is 70.1 Å². The number of aromatic nitrogens is 3. The number of fused-ring (bicyclic) bond motifs is 2. The maximum Gasteiger partial charge on any atom is 0.315 e. The van der Waals surface area contributed by atoms with Crippen molar-refractivity contribution in [2.24, 2.45) is 5.92 Å². The predicted molar refractivity (Wildman–Crippen MR) is 131 cm³/mol. The summed E-state index contributed by atoms with van der Waals surface area (Å²) in [6.45, 7) is 6.36. The van der Waals surface area contributed by atoms with Gasteiger partial charge in [-0.2, -0.15) is 0 Å². The minimum atomic E-state index is -1.06. The van der Waals surface area contributed by atoms with Gasteiger partial charge in [-0.1, -0.05) is 17.3 Å². The van der Waals surface area contributed by atoms with Crippen LogP contribution < -0.4 is 4.74 Å². The number of carbonyl (C=O) groups excluding carboxylic acids is 1. The van der Waals surface area contributed by atoms with Crippen molar-refractivity contribution in [2.75, 3.05) is 0 Å². The second-order valence-corrected chi connectivity index (χ2v) is 10.3. The van der Waals surface area contributed by atoms with Crippen molar-refractivity contribution in [3.63, 3.8) is 0 Å². The van der Waals surface area contributed by atoms with Gasteiger partial charge in [-0.3, -0.25) is 9.78 Å². The minimum Gasteiger partial charge on any atom is -0.426 e. The molecule has 7 heteroatoms. The standard InChI is InChI=1S/C28H28FN3O3/c1-16-26(17(2)35-31-16)21-10-23-27(30-13-21)22(19-4-5-20-12-25(33)34-24(20)11-19)15-32(23)14-18-6-8-28(3,29)9-7-18/h4-5,10-11,13,15,18H,6-9,12,14H2,1-3H3. The maximum absolute atomic E-state index is 14.4. The molecule has 1 aromatic carbocycles. The molecule has 2 aliphatic rings. The molecule has 0 bridgehead atoms. The molecule has 3 aromatic heterocycles. The molecule has 4 aromatic rings. The molecule has 6 rings (SSSR count). The molecule has 1 saturated carbocycles. The highest BCUT2D eigenvalue weighted by molar-refractivity contribution is 5.96. The van der Waals surface area contributed by atoms with E-state index in [0.29, 0.717) is 30.9 Å². The fourth-order valence-corrected chi connectivity index (χ4v) is 5.58. The highest BCUT2D eigenvalue weighted by atomic mass is 19.1. The van der Waals surface area contributed by atoms with Gasteiger partial charge in [0.2, 0.25) is 0 Å². The second-order valence-electron chi connectivity index (χ2n) is 10.3.